The van der Waals surface area contributed by atoms with Crippen molar-refractivity contribution in [3.8, 4) is 0 Å². The minimum atomic E-state index is -1.66. The minimum Gasteiger partial charge on any atom is -0.516 e. The Balaban J connectivity index is 0.000000494. The molecule has 1 rings (SSSR count). The highest BCUT2D eigenvalue weighted by molar-refractivity contribution is 6.33. The van der Waals surface area contributed by atoms with E-state index in [1.165, 1.54) is 32.6 Å². The molecule has 1 unspecified atom stereocenters. The van der Waals surface area contributed by atoms with E-state index in [-0.39, 0.29) is 6.61 Å². The lowest BCUT2D eigenvalue weighted by molar-refractivity contribution is 0.110. The SMILES string of the molecule is CC(O)CO.OB(O)OC1=CCCCCCCC1. The second-order valence-corrected chi connectivity index (χ2v) is 4.45. The van der Waals surface area contributed by atoms with Crippen molar-refractivity contribution in [2.45, 2.75) is 58.0 Å². The Labute approximate surface area is 109 Å². The molecule has 0 saturated heterocycles. The highest BCUT2D eigenvalue weighted by Gasteiger charge is 2.13. The van der Waals surface area contributed by atoms with Crippen LogP contribution in [0.3, 0.4) is 0 Å². The fourth-order valence-electron chi connectivity index (χ4n) is 1.58. The number of hydrogen-bond acceptors (Lipinski definition) is 5. The summed E-state index contributed by atoms with van der Waals surface area (Å²) in [5.74, 6) is 0.733. The van der Waals surface area contributed by atoms with Crippen LogP contribution in [0, 0.1) is 0 Å². The molecule has 1 aliphatic carbocycles. The second kappa shape index (κ2) is 11.5. The van der Waals surface area contributed by atoms with Gasteiger partial charge in [-0.3, -0.25) is 0 Å². The largest absolute Gasteiger partial charge is 0.707 e. The number of hydrogen-bond donors (Lipinski definition) is 4. The molecule has 0 aromatic carbocycles. The van der Waals surface area contributed by atoms with E-state index < -0.39 is 13.4 Å². The quantitative estimate of drug-likeness (QED) is 0.567. The van der Waals surface area contributed by atoms with Crippen LogP contribution in [-0.4, -0.2) is 40.3 Å². The normalized spacial score (nSPS) is 18.2. The number of allylic oxidation sites excluding steroid dienone is 2. The van der Waals surface area contributed by atoms with Crippen LogP contribution in [0.25, 0.3) is 0 Å². The first-order valence-corrected chi connectivity index (χ1v) is 6.57. The molecule has 4 N–H and O–H groups in total. The van der Waals surface area contributed by atoms with Crippen molar-refractivity contribution in [2.75, 3.05) is 6.61 Å². The third-order valence-corrected chi connectivity index (χ3v) is 2.52. The van der Waals surface area contributed by atoms with Crippen molar-refractivity contribution in [1.29, 1.82) is 0 Å². The van der Waals surface area contributed by atoms with Crippen molar-refractivity contribution in [3.05, 3.63) is 11.8 Å². The van der Waals surface area contributed by atoms with Gasteiger partial charge in [0.15, 0.2) is 0 Å². The summed E-state index contributed by atoms with van der Waals surface area (Å²) in [6.07, 6.45) is 9.25. The van der Waals surface area contributed by atoms with Gasteiger partial charge in [0.1, 0.15) is 0 Å². The van der Waals surface area contributed by atoms with E-state index in [1.807, 2.05) is 6.08 Å². The van der Waals surface area contributed by atoms with Gasteiger partial charge >= 0.3 is 7.32 Å². The standard InChI is InChI=1S/C9H17BO3.C3H8O2/c11-10(12)13-9-7-5-3-1-2-4-6-8-9;1-3(5)2-4/h7,11-12H,1-6,8H2;3-5H,2H2,1H3. The van der Waals surface area contributed by atoms with Crippen molar-refractivity contribution < 1.29 is 24.9 Å². The van der Waals surface area contributed by atoms with E-state index in [1.54, 1.807) is 0 Å². The minimum absolute atomic E-state index is 0.139. The Morgan fingerprint density at radius 1 is 1.22 bits per heavy atom. The maximum atomic E-state index is 8.63. The summed E-state index contributed by atoms with van der Waals surface area (Å²) in [7, 11) is -1.66. The number of aliphatic hydroxyl groups excluding tert-OH is 2. The fraction of sp³-hybridized carbons (Fsp3) is 0.833. The van der Waals surface area contributed by atoms with Crippen molar-refractivity contribution in [2.24, 2.45) is 0 Å². The van der Waals surface area contributed by atoms with Crippen LogP contribution < -0.4 is 0 Å². The molecule has 0 aromatic rings. The Morgan fingerprint density at radius 2 is 1.78 bits per heavy atom. The summed E-state index contributed by atoms with van der Waals surface area (Å²) >= 11 is 0. The van der Waals surface area contributed by atoms with E-state index in [2.05, 4.69) is 0 Å². The maximum absolute atomic E-state index is 8.63. The van der Waals surface area contributed by atoms with Crippen LogP contribution in [0.1, 0.15) is 51.9 Å². The predicted octanol–water partition coefficient (Wildman–Crippen LogP) is 0.960. The van der Waals surface area contributed by atoms with Gasteiger partial charge in [0, 0.05) is 6.42 Å². The maximum Gasteiger partial charge on any atom is 0.707 e. The average molecular weight is 260 g/mol. The molecule has 0 bridgehead atoms. The van der Waals surface area contributed by atoms with Crippen LogP contribution in [-0.2, 0) is 4.65 Å². The summed E-state index contributed by atoms with van der Waals surface area (Å²) in [4.78, 5) is 0. The Kier molecular flexibility index (Phi) is 11.2. The lowest BCUT2D eigenvalue weighted by Crippen LogP contribution is -2.16. The topological polar surface area (TPSA) is 90.2 Å². The van der Waals surface area contributed by atoms with Crippen molar-refractivity contribution in [1.82, 2.24) is 0 Å². The van der Waals surface area contributed by atoms with E-state index in [0.717, 1.165) is 25.0 Å². The summed E-state index contributed by atoms with van der Waals surface area (Å²) in [5.41, 5.74) is 0. The molecule has 0 amide bonds. The van der Waals surface area contributed by atoms with Crippen LogP contribution >= 0.6 is 0 Å². The van der Waals surface area contributed by atoms with Crippen molar-refractivity contribution in [3.63, 3.8) is 0 Å². The first-order valence-electron chi connectivity index (χ1n) is 6.57. The Morgan fingerprint density at radius 3 is 2.33 bits per heavy atom. The average Bonchev–Trinajstić information content (AvgIpc) is 2.43. The highest BCUT2D eigenvalue weighted by Crippen LogP contribution is 2.17. The third kappa shape index (κ3) is 11.9. The molecule has 1 aliphatic rings. The summed E-state index contributed by atoms with van der Waals surface area (Å²) in [6, 6.07) is 0. The van der Waals surface area contributed by atoms with Crippen LogP contribution in [0.2, 0.25) is 0 Å². The zero-order valence-corrected chi connectivity index (χ0v) is 11.1. The Bertz CT molecular complexity index is 219. The molecule has 0 radical (unpaired) electrons. The van der Waals surface area contributed by atoms with Crippen LogP contribution in [0.15, 0.2) is 11.8 Å². The second-order valence-electron chi connectivity index (χ2n) is 4.45. The highest BCUT2D eigenvalue weighted by atomic mass is 16.6. The smallest absolute Gasteiger partial charge is 0.516 e. The van der Waals surface area contributed by atoms with E-state index >= 15 is 0 Å². The molecule has 0 heterocycles. The summed E-state index contributed by atoms with van der Waals surface area (Å²) in [6.45, 7) is 1.39. The number of aliphatic hydroxyl groups is 2. The molecule has 106 valence electrons. The van der Waals surface area contributed by atoms with Crippen LogP contribution in [0.4, 0.5) is 0 Å². The summed E-state index contributed by atoms with van der Waals surface area (Å²) in [5, 5.41) is 33.3. The summed E-state index contributed by atoms with van der Waals surface area (Å²) < 4.78 is 4.85. The van der Waals surface area contributed by atoms with Gasteiger partial charge in [0.2, 0.25) is 0 Å². The van der Waals surface area contributed by atoms with E-state index in [0.29, 0.717) is 0 Å². The van der Waals surface area contributed by atoms with Gasteiger partial charge in [-0.1, -0.05) is 19.3 Å². The molecule has 18 heavy (non-hydrogen) atoms. The zero-order chi connectivity index (χ0) is 13.8. The van der Waals surface area contributed by atoms with Gasteiger partial charge < -0.3 is 24.9 Å². The fourth-order valence-corrected chi connectivity index (χ4v) is 1.58. The molecule has 0 spiro atoms. The first-order chi connectivity index (χ1) is 8.56. The van der Waals surface area contributed by atoms with Crippen LogP contribution in [0.5, 0.6) is 0 Å². The zero-order valence-electron chi connectivity index (χ0n) is 11.1. The molecule has 0 aromatic heterocycles. The Hall–Kier alpha value is -0.555. The van der Waals surface area contributed by atoms with Crippen molar-refractivity contribution >= 4 is 7.32 Å². The first kappa shape index (κ1) is 17.4. The third-order valence-electron chi connectivity index (χ3n) is 2.52. The van der Waals surface area contributed by atoms with Gasteiger partial charge in [-0.15, -0.1) is 0 Å². The lowest BCUT2D eigenvalue weighted by Gasteiger charge is -2.08. The molecular weight excluding hydrogens is 235 g/mol. The molecule has 0 saturated carbocycles. The number of rotatable bonds is 3. The lowest BCUT2D eigenvalue weighted by atomic mass is 10.1. The van der Waals surface area contributed by atoms with Gasteiger partial charge in [0.05, 0.1) is 18.5 Å². The van der Waals surface area contributed by atoms with E-state index in [9.17, 15) is 0 Å². The van der Waals surface area contributed by atoms with Gasteiger partial charge in [-0.25, -0.2) is 0 Å². The molecular formula is C12H25BO5. The predicted molar refractivity (Wildman–Crippen MR) is 70.4 cm³/mol. The van der Waals surface area contributed by atoms with Gasteiger partial charge in [-0.2, -0.15) is 0 Å². The molecule has 6 heteroatoms. The molecule has 0 aliphatic heterocycles. The van der Waals surface area contributed by atoms with Gasteiger partial charge in [0.25, 0.3) is 0 Å². The molecule has 1 atom stereocenters. The van der Waals surface area contributed by atoms with E-state index in [4.69, 9.17) is 24.9 Å². The molecule has 0 fully saturated rings. The molecule has 5 nitrogen and oxygen atoms in total. The monoisotopic (exact) mass is 260 g/mol. The van der Waals surface area contributed by atoms with Gasteiger partial charge in [-0.05, 0) is 32.3 Å².